The average molecular weight is 463 g/mol. The van der Waals surface area contributed by atoms with Gasteiger partial charge in [0.25, 0.3) is 5.56 Å². The van der Waals surface area contributed by atoms with Crippen molar-refractivity contribution in [2.24, 2.45) is 0 Å². The molecule has 5 aromatic rings. The molecule has 6 nitrogen and oxygen atoms in total. The number of aromatic nitrogens is 4. The van der Waals surface area contributed by atoms with Gasteiger partial charge in [-0.25, -0.2) is 0 Å². The van der Waals surface area contributed by atoms with Crippen LogP contribution in [0.3, 0.4) is 0 Å². The van der Waals surface area contributed by atoms with Gasteiger partial charge in [0.05, 0.1) is 12.6 Å². The van der Waals surface area contributed by atoms with Crippen LogP contribution in [0.1, 0.15) is 24.0 Å². The number of thioether (sulfide) groups is 1. The van der Waals surface area contributed by atoms with Crippen LogP contribution >= 0.6 is 23.1 Å². The van der Waals surface area contributed by atoms with Crippen molar-refractivity contribution in [1.82, 2.24) is 19.2 Å². The summed E-state index contributed by atoms with van der Waals surface area (Å²) in [5.74, 6) is 2.30. The van der Waals surface area contributed by atoms with Crippen molar-refractivity contribution in [3.05, 3.63) is 87.5 Å². The SMILES string of the molecule is COc1cccc(CSc2nnc3n(CC(C)c4ccccc4)c(=O)c4sccc4n23)c1. The molecule has 5 rings (SSSR count). The Balaban J connectivity index is 1.54. The fraction of sp³-hybridized carbons (Fsp3) is 0.208. The van der Waals surface area contributed by atoms with Crippen molar-refractivity contribution in [1.29, 1.82) is 0 Å². The molecule has 3 aromatic heterocycles. The number of fused-ring (bicyclic) bond motifs is 3. The fourth-order valence-corrected chi connectivity index (χ4v) is 5.54. The van der Waals surface area contributed by atoms with Gasteiger partial charge in [-0.05, 0) is 40.6 Å². The van der Waals surface area contributed by atoms with Crippen LogP contribution in [0.25, 0.3) is 16.0 Å². The molecule has 0 N–H and O–H groups in total. The van der Waals surface area contributed by atoms with E-state index in [0.29, 0.717) is 12.3 Å². The number of benzene rings is 2. The van der Waals surface area contributed by atoms with Crippen LogP contribution in [-0.2, 0) is 12.3 Å². The highest BCUT2D eigenvalue weighted by molar-refractivity contribution is 7.98. The van der Waals surface area contributed by atoms with Gasteiger partial charge >= 0.3 is 0 Å². The lowest BCUT2D eigenvalue weighted by Crippen LogP contribution is -2.24. The van der Waals surface area contributed by atoms with E-state index in [4.69, 9.17) is 4.74 Å². The van der Waals surface area contributed by atoms with Gasteiger partial charge < -0.3 is 4.74 Å². The Hall–Kier alpha value is -3.10. The number of ether oxygens (including phenoxy) is 1. The van der Waals surface area contributed by atoms with Crippen LogP contribution in [0.15, 0.2) is 76.0 Å². The van der Waals surface area contributed by atoms with E-state index in [1.807, 2.05) is 52.2 Å². The van der Waals surface area contributed by atoms with E-state index in [9.17, 15) is 4.79 Å². The molecular formula is C24H22N4O2S2. The van der Waals surface area contributed by atoms with E-state index in [1.165, 1.54) is 16.9 Å². The molecule has 0 bridgehead atoms. The predicted molar refractivity (Wildman–Crippen MR) is 130 cm³/mol. The summed E-state index contributed by atoms with van der Waals surface area (Å²) in [6.07, 6.45) is 0. The summed E-state index contributed by atoms with van der Waals surface area (Å²) in [7, 11) is 1.67. The number of hydrogen-bond acceptors (Lipinski definition) is 6. The lowest BCUT2D eigenvalue weighted by atomic mass is 10.0. The Morgan fingerprint density at radius 1 is 1.09 bits per heavy atom. The number of hydrogen-bond donors (Lipinski definition) is 0. The van der Waals surface area contributed by atoms with Gasteiger partial charge in [-0.1, -0.05) is 61.2 Å². The highest BCUT2D eigenvalue weighted by atomic mass is 32.2. The molecular weight excluding hydrogens is 440 g/mol. The van der Waals surface area contributed by atoms with E-state index in [2.05, 4.69) is 35.3 Å². The summed E-state index contributed by atoms with van der Waals surface area (Å²) >= 11 is 3.06. The van der Waals surface area contributed by atoms with E-state index >= 15 is 0 Å². The Kier molecular flexibility index (Phi) is 5.71. The largest absolute Gasteiger partial charge is 0.497 e. The van der Waals surface area contributed by atoms with Crippen LogP contribution in [-0.4, -0.2) is 26.3 Å². The van der Waals surface area contributed by atoms with Gasteiger partial charge in [0.15, 0.2) is 5.16 Å². The minimum absolute atomic E-state index is 0.0120. The molecule has 162 valence electrons. The molecule has 0 aliphatic rings. The highest BCUT2D eigenvalue weighted by Gasteiger charge is 2.19. The van der Waals surface area contributed by atoms with Crippen molar-refractivity contribution < 1.29 is 4.74 Å². The first kappa shape index (κ1) is 20.8. The zero-order valence-electron chi connectivity index (χ0n) is 17.8. The standard InChI is InChI=1S/C24H22N4O2S2/c1-16(18-8-4-3-5-9-18)14-27-22(29)21-20(11-12-31-21)28-23(27)25-26-24(28)32-15-17-7-6-10-19(13-17)30-2/h3-13,16H,14-15H2,1-2H3. The summed E-state index contributed by atoms with van der Waals surface area (Å²) in [6, 6.07) is 20.2. The topological polar surface area (TPSA) is 61.4 Å². The van der Waals surface area contributed by atoms with Crippen molar-refractivity contribution in [3.8, 4) is 5.75 Å². The molecule has 0 amide bonds. The van der Waals surface area contributed by atoms with Crippen molar-refractivity contribution >= 4 is 39.1 Å². The van der Waals surface area contributed by atoms with Gasteiger partial charge in [0, 0.05) is 12.3 Å². The van der Waals surface area contributed by atoms with Crippen LogP contribution < -0.4 is 10.3 Å². The molecule has 8 heteroatoms. The predicted octanol–water partition coefficient (Wildman–Crippen LogP) is 5.21. The van der Waals surface area contributed by atoms with E-state index in [-0.39, 0.29) is 11.5 Å². The second kappa shape index (κ2) is 8.80. The summed E-state index contributed by atoms with van der Waals surface area (Å²) in [4.78, 5) is 13.3. The third kappa shape index (κ3) is 3.80. The molecule has 0 aliphatic heterocycles. The number of thiophene rings is 1. The minimum Gasteiger partial charge on any atom is -0.497 e. The van der Waals surface area contributed by atoms with Gasteiger partial charge in [-0.2, -0.15) is 0 Å². The Morgan fingerprint density at radius 3 is 2.75 bits per heavy atom. The third-order valence-electron chi connectivity index (χ3n) is 5.51. The summed E-state index contributed by atoms with van der Waals surface area (Å²) in [5, 5.41) is 11.6. The van der Waals surface area contributed by atoms with Gasteiger partial charge in [0.1, 0.15) is 10.4 Å². The first-order chi connectivity index (χ1) is 15.7. The second-order valence-electron chi connectivity index (χ2n) is 7.62. The average Bonchev–Trinajstić information content (AvgIpc) is 3.48. The Morgan fingerprint density at radius 2 is 1.94 bits per heavy atom. The zero-order chi connectivity index (χ0) is 22.1. The molecule has 0 saturated carbocycles. The van der Waals surface area contributed by atoms with Crippen LogP contribution in [0.4, 0.5) is 0 Å². The minimum atomic E-state index is -0.0120. The molecule has 0 radical (unpaired) electrons. The molecule has 0 spiro atoms. The maximum Gasteiger partial charge on any atom is 0.272 e. The van der Waals surface area contributed by atoms with E-state index in [0.717, 1.165) is 32.4 Å². The molecule has 0 aliphatic carbocycles. The van der Waals surface area contributed by atoms with Gasteiger partial charge in [0.2, 0.25) is 5.78 Å². The fourth-order valence-electron chi connectivity index (χ4n) is 3.83. The molecule has 1 atom stereocenters. The van der Waals surface area contributed by atoms with Crippen molar-refractivity contribution in [3.63, 3.8) is 0 Å². The number of methoxy groups -OCH3 is 1. The van der Waals surface area contributed by atoms with Crippen LogP contribution in [0.2, 0.25) is 0 Å². The lowest BCUT2D eigenvalue weighted by Gasteiger charge is -2.15. The molecule has 1 unspecified atom stereocenters. The number of rotatable bonds is 7. The smallest absolute Gasteiger partial charge is 0.272 e. The monoisotopic (exact) mass is 462 g/mol. The Bertz CT molecular complexity index is 1440. The molecule has 0 saturated heterocycles. The highest BCUT2D eigenvalue weighted by Crippen LogP contribution is 2.28. The summed E-state index contributed by atoms with van der Waals surface area (Å²) in [5.41, 5.74) is 3.17. The quantitative estimate of drug-likeness (QED) is 0.311. The van der Waals surface area contributed by atoms with Gasteiger partial charge in [-0.15, -0.1) is 21.5 Å². The third-order valence-corrected chi connectivity index (χ3v) is 7.40. The first-order valence-electron chi connectivity index (χ1n) is 10.3. The van der Waals surface area contributed by atoms with Crippen molar-refractivity contribution in [2.45, 2.75) is 30.3 Å². The van der Waals surface area contributed by atoms with Gasteiger partial charge in [-0.3, -0.25) is 13.8 Å². The molecule has 32 heavy (non-hydrogen) atoms. The Labute approximate surface area is 193 Å². The zero-order valence-corrected chi connectivity index (χ0v) is 19.4. The van der Waals surface area contributed by atoms with Crippen LogP contribution in [0, 0.1) is 0 Å². The maximum atomic E-state index is 13.3. The van der Waals surface area contributed by atoms with E-state index < -0.39 is 0 Å². The summed E-state index contributed by atoms with van der Waals surface area (Å²) < 4.78 is 9.83. The second-order valence-corrected chi connectivity index (χ2v) is 9.48. The molecule has 2 aromatic carbocycles. The van der Waals surface area contributed by atoms with Crippen molar-refractivity contribution in [2.75, 3.05) is 7.11 Å². The van der Waals surface area contributed by atoms with E-state index in [1.54, 1.807) is 23.4 Å². The van der Waals surface area contributed by atoms with Crippen LogP contribution in [0.5, 0.6) is 5.75 Å². The maximum absolute atomic E-state index is 13.3. The molecule has 0 fully saturated rings. The number of nitrogens with zero attached hydrogens (tertiary/aromatic N) is 4. The lowest BCUT2D eigenvalue weighted by molar-refractivity contribution is 0.414. The normalized spacial score (nSPS) is 12.4. The first-order valence-corrected chi connectivity index (χ1v) is 12.2. The molecule has 3 heterocycles. The summed E-state index contributed by atoms with van der Waals surface area (Å²) in [6.45, 7) is 2.67.